The number of carbonyl (C=O) groups is 1. The van der Waals surface area contributed by atoms with Gasteiger partial charge in [0.25, 0.3) is 5.91 Å². The van der Waals surface area contributed by atoms with Crippen molar-refractivity contribution in [1.29, 1.82) is 0 Å². The fraction of sp³-hybridized carbons (Fsp3) is 0.0526. The number of hydrogen-bond donors (Lipinski definition) is 2. The van der Waals surface area contributed by atoms with Gasteiger partial charge >= 0.3 is 0 Å². The van der Waals surface area contributed by atoms with E-state index in [-0.39, 0.29) is 5.91 Å². The molecule has 0 aliphatic carbocycles. The van der Waals surface area contributed by atoms with Crippen LogP contribution in [0, 0.1) is 6.92 Å². The largest absolute Gasteiger partial charge is 0.354 e. The summed E-state index contributed by atoms with van der Waals surface area (Å²) in [5.74, 6) is -0.225. The van der Waals surface area contributed by atoms with Gasteiger partial charge in [0.1, 0.15) is 0 Å². The minimum absolute atomic E-state index is 0.225. The summed E-state index contributed by atoms with van der Waals surface area (Å²) in [5, 5.41) is 6.68. The van der Waals surface area contributed by atoms with E-state index in [0.717, 1.165) is 11.4 Å². The molecule has 0 aliphatic heterocycles. The van der Waals surface area contributed by atoms with Crippen molar-refractivity contribution in [2.45, 2.75) is 6.92 Å². The summed E-state index contributed by atoms with van der Waals surface area (Å²) in [6, 6.07) is 16.7. The van der Waals surface area contributed by atoms with Gasteiger partial charge in [-0.1, -0.05) is 29.3 Å². The van der Waals surface area contributed by atoms with Gasteiger partial charge in [0, 0.05) is 22.6 Å². The Morgan fingerprint density at radius 1 is 0.917 bits per heavy atom. The van der Waals surface area contributed by atoms with Gasteiger partial charge in [0.15, 0.2) is 0 Å². The lowest BCUT2D eigenvalue weighted by molar-refractivity contribution is 0.102. The van der Waals surface area contributed by atoms with Crippen LogP contribution in [0.3, 0.4) is 0 Å². The van der Waals surface area contributed by atoms with Crippen LogP contribution in [0.2, 0.25) is 5.02 Å². The van der Waals surface area contributed by atoms with Gasteiger partial charge in [-0.2, -0.15) is 0 Å². The molecule has 2 aromatic carbocycles. The van der Waals surface area contributed by atoms with Crippen molar-refractivity contribution in [1.82, 2.24) is 4.98 Å². The number of nitrogens with zero attached hydrogens (tertiary/aromatic N) is 1. The van der Waals surface area contributed by atoms with Gasteiger partial charge in [-0.25, -0.2) is 0 Å². The van der Waals surface area contributed by atoms with Crippen molar-refractivity contribution in [3.05, 3.63) is 83.1 Å². The first-order valence-corrected chi connectivity index (χ1v) is 7.83. The Labute approximate surface area is 145 Å². The van der Waals surface area contributed by atoms with Crippen LogP contribution in [-0.2, 0) is 0 Å². The van der Waals surface area contributed by atoms with E-state index in [0.29, 0.717) is 16.3 Å². The number of amides is 1. The van der Waals surface area contributed by atoms with E-state index in [4.69, 9.17) is 11.6 Å². The molecule has 0 aliphatic rings. The molecule has 0 atom stereocenters. The van der Waals surface area contributed by atoms with Crippen LogP contribution in [-0.4, -0.2) is 10.9 Å². The predicted molar refractivity (Wildman–Crippen MR) is 98.1 cm³/mol. The van der Waals surface area contributed by atoms with Crippen LogP contribution in [0.4, 0.5) is 17.1 Å². The van der Waals surface area contributed by atoms with E-state index in [1.807, 2.05) is 31.2 Å². The molecular formula is C19H16ClN3O. The molecule has 3 rings (SSSR count). The van der Waals surface area contributed by atoms with Crippen molar-refractivity contribution in [2.24, 2.45) is 0 Å². The molecule has 1 amide bonds. The maximum absolute atomic E-state index is 12.3. The molecule has 0 fully saturated rings. The van der Waals surface area contributed by atoms with E-state index in [9.17, 15) is 4.79 Å². The van der Waals surface area contributed by atoms with Crippen molar-refractivity contribution in [3.8, 4) is 0 Å². The zero-order valence-corrected chi connectivity index (χ0v) is 13.8. The van der Waals surface area contributed by atoms with Crippen LogP contribution in [0.25, 0.3) is 0 Å². The Bertz CT molecular complexity index is 845. The van der Waals surface area contributed by atoms with Crippen LogP contribution < -0.4 is 10.6 Å². The van der Waals surface area contributed by atoms with Gasteiger partial charge in [0.2, 0.25) is 0 Å². The maximum atomic E-state index is 12.3. The van der Waals surface area contributed by atoms with Crippen LogP contribution in [0.5, 0.6) is 0 Å². The molecule has 5 heteroatoms. The monoisotopic (exact) mass is 337 g/mol. The second-order valence-electron chi connectivity index (χ2n) is 5.41. The first kappa shape index (κ1) is 16.0. The zero-order chi connectivity index (χ0) is 16.9. The molecule has 4 nitrogen and oxygen atoms in total. The van der Waals surface area contributed by atoms with Gasteiger partial charge in [-0.3, -0.25) is 9.78 Å². The lowest BCUT2D eigenvalue weighted by atomic mass is 10.2. The highest BCUT2D eigenvalue weighted by Crippen LogP contribution is 2.18. The Balaban J connectivity index is 1.73. The lowest BCUT2D eigenvalue weighted by Crippen LogP contribution is -2.12. The second kappa shape index (κ2) is 7.15. The number of benzene rings is 2. The minimum Gasteiger partial charge on any atom is -0.354 e. The molecule has 0 saturated heterocycles. The summed E-state index contributed by atoms with van der Waals surface area (Å²) < 4.78 is 0. The predicted octanol–water partition coefficient (Wildman–Crippen LogP) is 5.04. The zero-order valence-electron chi connectivity index (χ0n) is 13.1. The molecule has 0 unspecified atom stereocenters. The van der Waals surface area contributed by atoms with E-state index in [1.165, 1.54) is 11.8 Å². The molecule has 0 spiro atoms. The number of hydrogen-bond acceptors (Lipinski definition) is 3. The Hall–Kier alpha value is -2.85. The fourth-order valence-electron chi connectivity index (χ4n) is 2.17. The molecule has 0 saturated carbocycles. The fourth-order valence-corrected chi connectivity index (χ4v) is 2.30. The first-order chi connectivity index (χ1) is 11.6. The average Bonchev–Trinajstić information content (AvgIpc) is 2.59. The molecule has 24 heavy (non-hydrogen) atoms. The van der Waals surface area contributed by atoms with Crippen LogP contribution in [0.15, 0.2) is 67.0 Å². The number of halogens is 1. The summed E-state index contributed by atoms with van der Waals surface area (Å²) in [5.41, 5.74) is 4.04. The topological polar surface area (TPSA) is 54.0 Å². The molecule has 0 radical (unpaired) electrons. The number of aryl methyl sites for hydroxylation is 1. The van der Waals surface area contributed by atoms with Crippen LogP contribution in [0.1, 0.15) is 15.9 Å². The number of anilines is 3. The van der Waals surface area contributed by atoms with Gasteiger partial charge in [0.05, 0.1) is 17.4 Å². The standard InChI is InChI=1S/C19H16ClN3O/c1-13-2-6-16(7-3-13)22-18-10-14(11-21-12-18)19(24)23-17-8-4-15(20)5-9-17/h2-12,22H,1H3,(H,23,24). The third-order valence-corrected chi connectivity index (χ3v) is 3.69. The van der Waals surface area contributed by atoms with Crippen LogP contribution >= 0.6 is 11.6 Å². The number of pyridine rings is 1. The Morgan fingerprint density at radius 3 is 2.29 bits per heavy atom. The van der Waals surface area contributed by atoms with Crippen molar-refractivity contribution < 1.29 is 4.79 Å². The van der Waals surface area contributed by atoms with Crippen molar-refractivity contribution in [3.63, 3.8) is 0 Å². The summed E-state index contributed by atoms with van der Waals surface area (Å²) in [6.07, 6.45) is 3.21. The third kappa shape index (κ3) is 4.12. The summed E-state index contributed by atoms with van der Waals surface area (Å²) in [7, 11) is 0. The first-order valence-electron chi connectivity index (χ1n) is 7.46. The van der Waals surface area contributed by atoms with Gasteiger partial charge in [-0.05, 0) is 49.4 Å². The van der Waals surface area contributed by atoms with E-state index < -0.39 is 0 Å². The quantitative estimate of drug-likeness (QED) is 0.701. The van der Waals surface area contributed by atoms with E-state index in [1.54, 1.807) is 36.5 Å². The average molecular weight is 338 g/mol. The Morgan fingerprint density at radius 2 is 1.58 bits per heavy atom. The number of aromatic nitrogens is 1. The molecule has 0 bridgehead atoms. The normalized spacial score (nSPS) is 10.2. The molecular weight excluding hydrogens is 322 g/mol. The van der Waals surface area contributed by atoms with Crippen molar-refractivity contribution in [2.75, 3.05) is 10.6 Å². The third-order valence-electron chi connectivity index (χ3n) is 3.44. The number of rotatable bonds is 4. The SMILES string of the molecule is Cc1ccc(Nc2cncc(C(=O)Nc3ccc(Cl)cc3)c2)cc1. The molecule has 120 valence electrons. The highest BCUT2D eigenvalue weighted by molar-refractivity contribution is 6.30. The summed E-state index contributed by atoms with van der Waals surface area (Å²) >= 11 is 5.84. The summed E-state index contributed by atoms with van der Waals surface area (Å²) in [4.78, 5) is 16.5. The molecule has 1 aromatic heterocycles. The molecule has 2 N–H and O–H groups in total. The van der Waals surface area contributed by atoms with Crippen molar-refractivity contribution >= 4 is 34.6 Å². The van der Waals surface area contributed by atoms with Gasteiger partial charge < -0.3 is 10.6 Å². The highest BCUT2D eigenvalue weighted by Gasteiger charge is 2.08. The highest BCUT2D eigenvalue weighted by atomic mass is 35.5. The second-order valence-corrected chi connectivity index (χ2v) is 5.85. The Kier molecular flexibility index (Phi) is 4.77. The number of carbonyl (C=O) groups excluding carboxylic acids is 1. The maximum Gasteiger partial charge on any atom is 0.257 e. The smallest absolute Gasteiger partial charge is 0.257 e. The van der Waals surface area contributed by atoms with E-state index in [2.05, 4.69) is 15.6 Å². The molecule has 3 aromatic rings. The molecule has 1 heterocycles. The minimum atomic E-state index is -0.225. The van der Waals surface area contributed by atoms with E-state index >= 15 is 0 Å². The summed E-state index contributed by atoms with van der Waals surface area (Å²) in [6.45, 7) is 2.03. The lowest BCUT2D eigenvalue weighted by Gasteiger charge is -2.09. The number of nitrogens with one attached hydrogen (secondary N) is 2. The van der Waals surface area contributed by atoms with Gasteiger partial charge in [-0.15, -0.1) is 0 Å².